The number of amides is 1. The van der Waals surface area contributed by atoms with Crippen LogP contribution >= 0.6 is 23.1 Å². The van der Waals surface area contributed by atoms with Gasteiger partial charge >= 0.3 is 0 Å². The zero-order valence-electron chi connectivity index (χ0n) is 13.2. The normalized spacial score (nSPS) is 17.1. The Morgan fingerprint density at radius 3 is 2.82 bits per heavy atom. The summed E-state index contributed by atoms with van der Waals surface area (Å²) in [6, 6.07) is 0. The highest BCUT2D eigenvalue weighted by Gasteiger charge is 2.37. The van der Waals surface area contributed by atoms with E-state index in [1.165, 1.54) is 11.3 Å². The second kappa shape index (κ2) is 6.83. The van der Waals surface area contributed by atoms with Gasteiger partial charge in [0.2, 0.25) is 12.3 Å². The van der Waals surface area contributed by atoms with Crippen molar-refractivity contribution in [1.82, 2.24) is 5.43 Å². The van der Waals surface area contributed by atoms with Gasteiger partial charge in [-0.25, -0.2) is 5.43 Å². The van der Waals surface area contributed by atoms with Crippen LogP contribution in [0.2, 0.25) is 0 Å². The minimum Gasteiger partial charge on any atom is -0.476 e. The Balaban J connectivity index is 2.57. The standard InChI is InChI=1S/C15H20N2O3S2/c1-5-20-13(17-16-8-18)12-9-6-15(2,3)7-10(19)11(9)14(21-4)22-12/h8H,5-7H2,1-4H3,(H,16,18). The van der Waals surface area contributed by atoms with Crippen LogP contribution in [0.4, 0.5) is 0 Å². The Morgan fingerprint density at radius 1 is 1.50 bits per heavy atom. The van der Waals surface area contributed by atoms with Crippen LogP contribution in [-0.2, 0) is 16.0 Å². The molecule has 0 fully saturated rings. The first-order chi connectivity index (χ1) is 10.4. The maximum absolute atomic E-state index is 12.5. The van der Waals surface area contributed by atoms with E-state index in [-0.39, 0.29) is 11.2 Å². The molecule has 0 saturated heterocycles. The Bertz CT molecular complexity index is 621. The summed E-state index contributed by atoms with van der Waals surface area (Å²) in [6.45, 7) is 6.49. The van der Waals surface area contributed by atoms with Crippen molar-refractivity contribution < 1.29 is 14.3 Å². The number of thiophene rings is 1. The number of thioether (sulfide) groups is 1. The van der Waals surface area contributed by atoms with Crippen molar-refractivity contribution in [3.8, 4) is 0 Å². The number of ether oxygens (including phenoxy) is 1. The van der Waals surface area contributed by atoms with Gasteiger partial charge in [-0.15, -0.1) is 28.2 Å². The second-order valence-electron chi connectivity index (χ2n) is 5.81. The predicted molar refractivity (Wildman–Crippen MR) is 89.9 cm³/mol. The van der Waals surface area contributed by atoms with Gasteiger partial charge in [-0.05, 0) is 30.6 Å². The van der Waals surface area contributed by atoms with E-state index in [0.717, 1.165) is 26.6 Å². The van der Waals surface area contributed by atoms with Crippen LogP contribution in [0, 0.1) is 5.41 Å². The van der Waals surface area contributed by atoms with Crippen LogP contribution in [0.15, 0.2) is 9.31 Å². The molecule has 0 atom stereocenters. The van der Waals surface area contributed by atoms with Crippen LogP contribution in [-0.4, -0.2) is 31.0 Å². The maximum Gasteiger partial charge on any atom is 0.248 e. The van der Waals surface area contributed by atoms with Gasteiger partial charge in [-0.3, -0.25) is 9.59 Å². The zero-order chi connectivity index (χ0) is 16.3. The number of nitrogens with one attached hydrogen (secondary N) is 1. The summed E-state index contributed by atoms with van der Waals surface area (Å²) in [5, 5.41) is 4.00. The number of fused-ring (bicyclic) bond motifs is 1. The van der Waals surface area contributed by atoms with E-state index in [1.807, 2.05) is 13.2 Å². The molecule has 0 aromatic carbocycles. The van der Waals surface area contributed by atoms with E-state index >= 15 is 0 Å². The van der Waals surface area contributed by atoms with Gasteiger partial charge in [0.05, 0.1) is 15.7 Å². The summed E-state index contributed by atoms with van der Waals surface area (Å²) in [7, 11) is 0. The van der Waals surface area contributed by atoms with Crippen molar-refractivity contribution in [3.05, 3.63) is 16.0 Å². The molecule has 120 valence electrons. The molecule has 0 aliphatic heterocycles. The van der Waals surface area contributed by atoms with Gasteiger partial charge in [0, 0.05) is 12.0 Å². The van der Waals surface area contributed by atoms with Crippen LogP contribution in [0.3, 0.4) is 0 Å². The van der Waals surface area contributed by atoms with Crippen molar-refractivity contribution in [1.29, 1.82) is 0 Å². The molecule has 1 aliphatic rings. The van der Waals surface area contributed by atoms with Crippen molar-refractivity contribution in [2.24, 2.45) is 10.5 Å². The van der Waals surface area contributed by atoms with E-state index < -0.39 is 0 Å². The maximum atomic E-state index is 12.5. The van der Waals surface area contributed by atoms with Crippen molar-refractivity contribution >= 4 is 41.2 Å². The number of rotatable bonds is 5. The summed E-state index contributed by atoms with van der Waals surface area (Å²) in [5.74, 6) is 0.555. The number of carbonyl (C=O) groups excluding carboxylic acids is 2. The average Bonchev–Trinajstić information content (AvgIpc) is 2.80. The number of hydrazone groups is 1. The molecule has 1 aromatic rings. The number of carbonyl (C=O) groups is 2. The van der Waals surface area contributed by atoms with E-state index in [1.54, 1.807) is 11.8 Å². The molecule has 0 unspecified atom stereocenters. The highest BCUT2D eigenvalue weighted by molar-refractivity contribution is 8.00. The lowest BCUT2D eigenvalue weighted by atomic mass is 9.74. The van der Waals surface area contributed by atoms with E-state index in [9.17, 15) is 9.59 Å². The molecule has 1 amide bonds. The smallest absolute Gasteiger partial charge is 0.248 e. The third-order valence-corrected chi connectivity index (χ3v) is 5.77. The van der Waals surface area contributed by atoms with Crippen LogP contribution in [0.1, 0.15) is 48.0 Å². The highest BCUT2D eigenvalue weighted by Crippen LogP contribution is 2.44. The molecular weight excluding hydrogens is 320 g/mol. The van der Waals surface area contributed by atoms with Gasteiger partial charge in [-0.1, -0.05) is 13.8 Å². The second-order valence-corrected chi connectivity index (χ2v) is 7.91. The first kappa shape index (κ1) is 17.0. The first-order valence-electron chi connectivity index (χ1n) is 7.06. The monoisotopic (exact) mass is 340 g/mol. The summed E-state index contributed by atoms with van der Waals surface area (Å²) in [6.07, 6.45) is 3.82. The van der Waals surface area contributed by atoms with Crippen LogP contribution < -0.4 is 5.43 Å². The highest BCUT2D eigenvalue weighted by atomic mass is 32.2. The molecule has 22 heavy (non-hydrogen) atoms. The lowest BCUT2D eigenvalue weighted by molar-refractivity contribution is -0.109. The first-order valence-corrected chi connectivity index (χ1v) is 9.10. The predicted octanol–water partition coefficient (Wildman–Crippen LogP) is 3.07. The van der Waals surface area contributed by atoms with Gasteiger partial charge < -0.3 is 4.74 Å². The molecule has 0 bridgehead atoms. The Hall–Kier alpha value is -1.34. The Morgan fingerprint density at radius 2 is 2.23 bits per heavy atom. The number of Topliss-reactive ketones (excluding diaryl/α,β-unsaturated/α-hetero) is 1. The number of nitrogens with zero attached hydrogens (tertiary/aromatic N) is 1. The number of ketones is 1. The summed E-state index contributed by atoms with van der Waals surface area (Å²) >= 11 is 3.07. The van der Waals surface area contributed by atoms with Crippen molar-refractivity contribution in [3.63, 3.8) is 0 Å². The summed E-state index contributed by atoms with van der Waals surface area (Å²) in [4.78, 5) is 23.9. The molecule has 5 nitrogen and oxygen atoms in total. The molecular formula is C15H20N2O3S2. The molecule has 0 spiro atoms. The molecule has 0 radical (unpaired) electrons. The topological polar surface area (TPSA) is 67.8 Å². The van der Waals surface area contributed by atoms with Gasteiger partial charge in [0.15, 0.2) is 5.78 Å². The molecule has 1 N–H and O–H groups in total. The van der Waals surface area contributed by atoms with Crippen LogP contribution in [0.5, 0.6) is 0 Å². The zero-order valence-corrected chi connectivity index (χ0v) is 14.8. The minimum atomic E-state index is -0.0784. The van der Waals surface area contributed by atoms with Crippen LogP contribution in [0.25, 0.3) is 0 Å². The Labute approximate surface area is 138 Å². The minimum absolute atomic E-state index is 0.0784. The SMILES string of the molecule is CCOC(=NNC=O)c1sc(SC)c2c1CC(C)(C)CC2=O. The fourth-order valence-electron chi connectivity index (χ4n) is 2.64. The third kappa shape index (κ3) is 3.35. The number of hydrogen-bond acceptors (Lipinski definition) is 6. The molecule has 1 aliphatic carbocycles. The number of hydrogen-bond donors (Lipinski definition) is 1. The molecule has 7 heteroatoms. The van der Waals surface area contributed by atoms with Gasteiger partial charge in [0.1, 0.15) is 0 Å². The van der Waals surface area contributed by atoms with E-state index in [0.29, 0.717) is 25.3 Å². The quantitative estimate of drug-likeness (QED) is 0.294. The lowest BCUT2D eigenvalue weighted by Crippen LogP contribution is -2.27. The summed E-state index contributed by atoms with van der Waals surface area (Å²) in [5.41, 5.74) is 4.02. The molecule has 1 aromatic heterocycles. The fraction of sp³-hybridized carbons (Fsp3) is 0.533. The van der Waals surface area contributed by atoms with Gasteiger partial charge in [-0.2, -0.15) is 0 Å². The largest absolute Gasteiger partial charge is 0.476 e. The molecule has 1 heterocycles. The van der Waals surface area contributed by atoms with E-state index in [2.05, 4.69) is 24.4 Å². The molecule has 0 saturated carbocycles. The van der Waals surface area contributed by atoms with Gasteiger partial charge in [0.25, 0.3) is 0 Å². The van der Waals surface area contributed by atoms with Crippen molar-refractivity contribution in [2.75, 3.05) is 12.9 Å². The lowest BCUT2D eigenvalue weighted by Gasteiger charge is -2.29. The third-order valence-electron chi connectivity index (χ3n) is 3.43. The average molecular weight is 340 g/mol. The van der Waals surface area contributed by atoms with E-state index in [4.69, 9.17) is 4.74 Å². The molecule has 2 rings (SSSR count). The fourth-order valence-corrected chi connectivity index (χ4v) is 4.68. The van der Waals surface area contributed by atoms with Crippen molar-refractivity contribution in [2.45, 2.75) is 37.8 Å². The summed E-state index contributed by atoms with van der Waals surface area (Å²) < 4.78 is 6.57. The Kier molecular flexibility index (Phi) is 5.28.